The smallest absolute Gasteiger partial charge is 0.407 e. The van der Waals surface area contributed by atoms with Gasteiger partial charge in [0.15, 0.2) is 5.82 Å². The number of fused-ring (bicyclic) bond motifs is 3. The van der Waals surface area contributed by atoms with Crippen LogP contribution in [0.15, 0.2) is 78.9 Å². The molecule has 1 aliphatic rings. The zero-order valence-corrected chi connectivity index (χ0v) is 18.8. The van der Waals surface area contributed by atoms with Crippen LogP contribution in [-0.4, -0.2) is 20.9 Å². The molecule has 1 aromatic heterocycles. The molecule has 34 heavy (non-hydrogen) atoms. The van der Waals surface area contributed by atoms with Crippen LogP contribution in [0.5, 0.6) is 0 Å². The minimum absolute atomic E-state index is 0.109. The topological polar surface area (TPSA) is 69.0 Å². The lowest BCUT2D eigenvalue weighted by Crippen LogP contribution is -2.25. The van der Waals surface area contributed by atoms with Crippen molar-refractivity contribution in [2.75, 3.05) is 0 Å². The number of nitrogens with zero attached hydrogens (tertiary/aromatic N) is 3. The number of halogens is 2. The number of aromatic nitrogens is 3. The number of ether oxygens (including phenoxy) is 1. The summed E-state index contributed by atoms with van der Waals surface area (Å²) in [4.78, 5) is 12.3. The number of carbonyl (C=O) groups excluding carboxylic acids is 1. The molecule has 1 N–H and O–H groups in total. The third-order valence-electron chi connectivity index (χ3n) is 5.54. The summed E-state index contributed by atoms with van der Waals surface area (Å²) in [6, 6.07) is 21.5. The first-order valence-corrected chi connectivity index (χ1v) is 11.1. The SMILES string of the molecule is O=C(NCc1nnc2n1-c1ccc(Cl)cc1C(c1ccccc1F)=CC2)OCc1ccccc1. The average Bonchev–Trinajstić information content (AvgIpc) is 3.18. The van der Waals surface area contributed by atoms with E-state index in [4.69, 9.17) is 16.3 Å². The summed E-state index contributed by atoms with van der Waals surface area (Å²) in [5.41, 5.74) is 3.61. The standard InChI is InChI=1S/C26H20ClFN4O2/c27-18-10-12-23-21(14-18)19(20-8-4-5-9-22(20)28)11-13-24-30-31-25(32(23)24)15-29-26(33)34-16-17-6-2-1-3-7-17/h1-12,14H,13,15-16H2,(H,29,33). The number of amides is 1. The van der Waals surface area contributed by atoms with Crippen molar-refractivity contribution in [2.24, 2.45) is 0 Å². The van der Waals surface area contributed by atoms with E-state index in [9.17, 15) is 9.18 Å². The van der Waals surface area contributed by atoms with Crippen LogP contribution in [-0.2, 0) is 24.3 Å². The molecule has 1 aliphatic heterocycles. The third-order valence-corrected chi connectivity index (χ3v) is 5.78. The Balaban J connectivity index is 1.41. The van der Waals surface area contributed by atoms with Gasteiger partial charge in [0.05, 0.1) is 12.2 Å². The highest BCUT2D eigenvalue weighted by atomic mass is 35.5. The van der Waals surface area contributed by atoms with Crippen LogP contribution in [0.25, 0.3) is 11.3 Å². The van der Waals surface area contributed by atoms with Crippen LogP contribution >= 0.6 is 11.6 Å². The van der Waals surface area contributed by atoms with Gasteiger partial charge in [0.1, 0.15) is 18.2 Å². The highest BCUT2D eigenvalue weighted by Gasteiger charge is 2.23. The maximum Gasteiger partial charge on any atom is 0.407 e. The van der Waals surface area contributed by atoms with Crippen LogP contribution < -0.4 is 5.32 Å². The van der Waals surface area contributed by atoms with Crippen molar-refractivity contribution in [3.8, 4) is 5.69 Å². The van der Waals surface area contributed by atoms with E-state index in [0.717, 1.165) is 22.4 Å². The first kappa shape index (κ1) is 21.9. The number of allylic oxidation sites excluding steroid dienone is 1. The van der Waals surface area contributed by atoms with E-state index < -0.39 is 6.09 Å². The maximum absolute atomic E-state index is 14.7. The summed E-state index contributed by atoms with van der Waals surface area (Å²) >= 11 is 6.32. The fourth-order valence-corrected chi connectivity index (χ4v) is 4.13. The van der Waals surface area contributed by atoms with E-state index in [2.05, 4.69) is 15.5 Å². The molecule has 8 heteroatoms. The second-order valence-electron chi connectivity index (χ2n) is 7.75. The molecule has 0 fully saturated rings. The Morgan fingerprint density at radius 2 is 1.82 bits per heavy atom. The van der Waals surface area contributed by atoms with Gasteiger partial charge in [0, 0.05) is 22.6 Å². The summed E-state index contributed by atoms with van der Waals surface area (Å²) < 4.78 is 21.8. The fourth-order valence-electron chi connectivity index (χ4n) is 3.96. The van der Waals surface area contributed by atoms with Gasteiger partial charge in [0.25, 0.3) is 0 Å². The normalized spacial score (nSPS) is 12.2. The van der Waals surface area contributed by atoms with Crippen LogP contribution in [0, 0.1) is 5.82 Å². The van der Waals surface area contributed by atoms with Gasteiger partial charge in [-0.1, -0.05) is 66.2 Å². The van der Waals surface area contributed by atoms with E-state index in [0.29, 0.717) is 28.7 Å². The third kappa shape index (κ3) is 4.43. The molecule has 2 heterocycles. The van der Waals surface area contributed by atoms with Gasteiger partial charge in [-0.3, -0.25) is 4.57 Å². The Morgan fingerprint density at radius 1 is 1.03 bits per heavy atom. The Kier molecular flexibility index (Phi) is 6.10. The zero-order valence-electron chi connectivity index (χ0n) is 18.0. The molecule has 6 nitrogen and oxygen atoms in total. The Bertz CT molecular complexity index is 1380. The van der Waals surface area contributed by atoms with Gasteiger partial charge in [-0.25, -0.2) is 9.18 Å². The van der Waals surface area contributed by atoms with Gasteiger partial charge >= 0.3 is 6.09 Å². The van der Waals surface area contributed by atoms with E-state index in [1.54, 1.807) is 30.3 Å². The molecule has 4 aromatic rings. The summed E-state index contributed by atoms with van der Waals surface area (Å²) in [7, 11) is 0. The average molecular weight is 475 g/mol. The monoisotopic (exact) mass is 474 g/mol. The van der Waals surface area contributed by atoms with Crippen LogP contribution in [0.2, 0.25) is 5.02 Å². The molecular weight excluding hydrogens is 455 g/mol. The van der Waals surface area contributed by atoms with Crippen molar-refractivity contribution in [3.05, 3.63) is 118 Å². The summed E-state index contributed by atoms with van der Waals surface area (Å²) in [5.74, 6) is 0.878. The second-order valence-corrected chi connectivity index (χ2v) is 8.18. The molecule has 0 radical (unpaired) electrons. The molecule has 0 atom stereocenters. The van der Waals surface area contributed by atoms with Gasteiger partial charge in [-0.05, 0) is 35.4 Å². The van der Waals surface area contributed by atoms with Gasteiger partial charge in [-0.15, -0.1) is 10.2 Å². The lowest BCUT2D eigenvalue weighted by Gasteiger charge is -2.15. The molecule has 0 aliphatic carbocycles. The molecule has 1 amide bonds. The van der Waals surface area contributed by atoms with Gasteiger partial charge in [0.2, 0.25) is 0 Å². The lowest BCUT2D eigenvalue weighted by atomic mass is 9.95. The highest BCUT2D eigenvalue weighted by Crippen LogP contribution is 2.35. The van der Waals surface area contributed by atoms with Crippen LogP contribution in [0.4, 0.5) is 9.18 Å². The fraction of sp³-hybridized carbons (Fsp3) is 0.115. The van der Waals surface area contributed by atoms with Crippen LogP contribution in [0.3, 0.4) is 0 Å². The molecule has 0 spiro atoms. The first-order chi connectivity index (χ1) is 16.6. The molecular formula is C26H20ClFN4O2. The number of nitrogens with one attached hydrogen (secondary N) is 1. The maximum atomic E-state index is 14.7. The molecule has 0 saturated carbocycles. The summed E-state index contributed by atoms with van der Waals surface area (Å²) in [5, 5.41) is 11.8. The minimum Gasteiger partial charge on any atom is -0.445 e. The van der Waals surface area contributed by atoms with E-state index in [-0.39, 0.29) is 19.0 Å². The molecule has 5 rings (SSSR count). The number of hydrogen-bond donors (Lipinski definition) is 1. The second kappa shape index (κ2) is 9.49. The van der Waals surface area contributed by atoms with E-state index >= 15 is 0 Å². The number of rotatable bonds is 5. The number of benzene rings is 3. The molecule has 170 valence electrons. The number of hydrogen-bond acceptors (Lipinski definition) is 4. The predicted molar refractivity (Wildman–Crippen MR) is 127 cm³/mol. The highest BCUT2D eigenvalue weighted by molar-refractivity contribution is 6.30. The Morgan fingerprint density at radius 3 is 2.65 bits per heavy atom. The van der Waals surface area contributed by atoms with Crippen molar-refractivity contribution >= 4 is 23.3 Å². The van der Waals surface area contributed by atoms with Crippen molar-refractivity contribution in [3.63, 3.8) is 0 Å². The van der Waals surface area contributed by atoms with Crippen LogP contribution in [0.1, 0.15) is 28.3 Å². The molecule has 0 saturated heterocycles. The Hall–Kier alpha value is -3.97. The van der Waals surface area contributed by atoms with Crippen molar-refractivity contribution in [1.29, 1.82) is 0 Å². The quantitative estimate of drug-likeness (QED) is 0.416. The summed E-state index contributed by atoms with van der Waals surface area (Å²) in [6.07, 6.45) is 1.80. The summed E-state index contributed by atoms with van der Waals surface area (Å²) in [6.45, 7) is 0.277. The van der Waals surface area contributed by atoms with Crippen molar-refractivity contribution in [1.82, 2.24) is 20.1 Å². The zero-order chi connectivity index (χ0) is 23.5. The molecule has 3 aromatic carbocycles. The number of carbonyl (C=O) groups is 1. The lowest BCUT2D eigenvalue weighted by molar-refractivity contribution is 0.139. The largest absolute Gasteiger partial charge is 0.445 e. The first-order valence-electron chi connectivity index (χ1n) is 10.7. The molecule has 0 unspecified atom stereocenters. The Labute approximate surface area is 200 Å². The predicted octanol–water partition coefficient (Wildman–Crippen LogP) is 5.47. The molecule has 0 bridgehead atoms. The van der Waals surface area contributed by atoms with E-state index in [1.807, 2.05) is 47.0 Å². The number of alkyl carbamates (subject to hydrolysis) is 1. The van der Waals surface area contributed by atoms with Crippen molar-refractivity contribution in [2.45, 2.75) is 19.6 Å². The van der Waals surface area contributed by atoms with Gasteiger partial charge < -0.3 is 10.1 Å². The van der Waals surface area contributed by atoms with Gasteiger partial charge in [-0.2, -0.15) is 0 Å². The van der Waals surface area contributed by atoms with Crippen molar-refractivity contribution < 1.29 is 13.9 Å². The minimum atomic E-state index is -0.559. The van der Waals surface area contributed by atoms with E-state index in [1.165, 1.54) is 6.07 Å².